The first-order chi connectivity index (χ1) is 7.72. The summed E-state index contributed by atoms with van der Waals surface area (Å²) < 4.78 is 5.39. The molecule has 1 saturated carbocycles. The van der Waals surface area contributed by atoms with Crippen LogP contribution in [0.1, 0.15) is 52.9 Å². The third-order valence-electron chi connectivity index (χ3n) is 3.75. The maximum absolute atomic E-state index is 5.39. The van der Waals surface area contributed by atoms with Gasteiger partial charge >= 0.3 is 0 Å². The van der Waals surface area contributed by atoms with Gasteiger partial charge in [-0.25, -0.2) is 0 Å². The molecule has 0 aliphatic heterocycles. The quantitative estimate of drug-likeness (QED) is 0.721. The first kappa shape index (κ1) is 14.0. The van der Waals surface area contributed by atoms with E-state index in [1.807, 2.05) is 0 Å². The second-order valence-electron chi connectivity index (χ2n) is 5.43. The topological polar surface area (TPSA) is 21.3 Å². The SMILES string of the molecule is CCOCC(C)NCCC1CCC(C)CC1. The van der Waals surface area contributed by atoms with Crippen LogP contribution in [-0.2, 0) is 4.74 Å². The summed E-state index contributed by atoms with van der Waals surface area (Å²) in [6, 6.07) is 0.502. The van der Waals surface area contributed by atoms with Gasteiger partial charge in [0.25, 0.3) is 0 Å². The zero-order valence-corrected chi connectivity index (χ0v) is 11.3. The minimum Gasteiger partial charge on any atom is -0.380 e. The zero-order valence-electron chi connectivity index (χ0n) is 11.3. The Morgan fingerprint density at radius 1 is 1.25 bits per heavy atom. The van der Waals surface area contributed by atoms with Crippen LogP contribution in [0, 0.1) is 11.8 Å². The molecule has 1 fully saturated rings. The standard InChI is InChI=1S/C14H29NO/c1-4-16-11-13(3)15-10-9-14-7-5-12(2)6-8-14/h12-15H,4-11H2,1-3H3. The average Bonchev–Trinajstić information content (AvgIpc) is 2.29. The van der Waals surface area contributed by atoms with Crippen LogP contribution < -0.4 is 5.32 Å². The van der Waals surface area contributed by atoms with E-state index < -0.39 is 0 Å². The number of ether oxygens (including phenoxy) is 1. The highest BCUT2D eigenvalue weighted by molar-refractivity contribution is 4.71. The predicted octanol–water partition coefficient (Wildman–Crippen LogP) is 3.22. The van der Waals surface area contributed by atoms with E-state index in [1.165, 1.54) is 32.1 Å². The van der Waals surface area contributed by atoms with Crippen molar-refractivity contribution in [2.45, 2.75) is 58.9 Å². The van der Waals surface area contributed by atoms with E-state index >= 15 is 0 Å². The van der Waals surface area contributed by atoms with Crippen LogP contribution in [0.3, 0.4) is 0 Å². The minimum absolute atomic E-state index is 0.502. The summed E-state index contributed by atoms with van der Waals surface area (Å²) in [5.41, 5.74) is 0. The molecule has 0 amide bonds. The van der Waals surface area contributed by atoms with Crippen LogP contribution in [0.5, 0.6) is 0 Å². The number of rotatable bonds is 7. The van der Waals surface area contributed by atoms with Crippen LogP contribution in [0.25, 0.3) is 0 Å². The second-order valence-corrected chi connectivity index (χ2v) is 5.43. The van der Waals surface area contributed by atoms with Gasteiger partial charge in [0.15, 0.2) is 0 Å². The summed E-state index contributed by atoms with van der Waals surface area (Å²) in [6.07, 6.45) is 7.13. The second kappa shape index (κ2) is 8.08. The molecule has 0 radical (unpaired) electrons. The fraction of sp³-hybridized carbons (Fsp3) is 1.00. The van der Waals surface area contributed by atoms with Gasteiger partial charge in [-0.05, 0) is 38.6 Å². The Bertz CT molecular complexity index is 164. The van der Waals surface area contributed by atoms with Gasteiger partial charge in [0, 0.05) is 12.6 Å². The van der Waals surface area contributed by atoms with Crippen molar-refractivity contribution in [3.8, 4) is 0 Å². The van der Waals surface area contributed by atoms with Crippen molar-refractivity contribution in [1.29, 1.82) is 0 Å². The van der Waals surface area contributed by atoms with Gasteiger partial charge in [-0.2, -0.15) is 0 Å². The van der Waals surface area contributed by atoms with E-state index in [0.717, 1.165) is 31.6 Å². The Kier molecular flexibility index (Phi) is 7.06. The van der Waals surface area contributed by atoms with Gasteiger partial charge in [-0.1, -0.05) is 32.6 Å². The summed E-state index contributed by atoms with van der Waals surface area (Å²) in [7, 11) is 0. The number of hydrogen-bond acceptors (Lipinski definition) is 2. The highest BCUT2D eigenvalue weighted by Crippen LogP contribution is 2.29. The molecule has 2 nitrogen and oxygen atoms in total. The van der Waals surface area contributed by atoms with Gasteiger partial charge in [0.1, 0.15) is 0 Å². The molecule has 1 N–H and O–H groups in total. The Morgan fingerprint density at radius 2 is 1.94 bits per heavy atom. The molecule has 1 unspecified atom stereocenters. The van der Waals surface area contributed by atoms with Crippen molar-refractivity contribution in [2.24, 2.45) is 11.8 Å². The fourth-order valence-corrected chi connectivity index (χ4v) is 2.51. The lowest BCUT2D eigenvalue weighted by molar-refractivity contribution is 0.126. The molecule has 0 heterocycles. The van der Waals surface area contributed by atoms with E-state index in [1.54, 1.807) is 0 Å². The normalized spacial score (nSPS) is 27.9. The highest BCUT2D eigenvalue weighted by Gasteiger charge is 2.17. The van der Waals surface area contributed by atoms with Gasteiger partial charge in [-0.3, -0.25) is 0 Å². The summed E-state index contributed by atoms with van der Waals surface area (Å²) in [5, 5.41) is 3.55. The predicted molar refractivity (Wildman–Crippen MR) is 69.7 cm³/mol. The molecular weight excluding hydrogens is 198 g/mol. The smallest absolute Gasteiger partial charge is 0.0616 e. The molecule has 1 rings (SSSR count). The molecule has 16 heavy (non-hydrogen) atoms. The van der Waals surface area contributed by atoms with E-state index in [-0.39, 0.29) is 0 Å². The Labute approximate surface area is 101 Å². The lowest BCUT2D eigenvalue weighted by Crippen LogP contribution is -2.32. The maximum Gasteiger partial charge on any atom is 0.0616 e. The lowest BCUT2D eigenvalue weighted by atomic mass is 9.81. The van der Waals surface area contributed by atoms with E-state index in [9.17, 15) is 0 Å². The van der Waals surface area contributed by atoms with E-state index in [0.29, 0.717) is 6.04 Å². The zero-order chi connectivity index (χ0) is 11.8. The molecule has 2 heteroatoms. The third-order valence-corrected chi connectivity index (χ3v) is 3.75. The average molecular weight is 227 g/mol. The molecule has 0 bridgehead atoms. The van der Waals surface area contributed by atoms with Gasteiger partial charge in [0.2, 0.25) is 0 Å². The molecule has 0 aromatic rings. The fourth-order valence-electron chi connectivity index (χ4n) is 2.51. The van der Waals surface area contributed by atoms with Crippen LogP contribution in [0.4, 0.5) is 0 Å². The summed E-state index contributed by atoms with van der Waals surface area (Å²) in [5.74, 6) is 1.95. The van der Waals surface area contributed by atoms with Crippen molar-refractivity contribution in [1.82, 2.24) is 5.32 Å². The van der Waals surface area contributed by atoms with Gasteiger partial charge < -0.3 is 10.1 Å². The van der Waals surface area contributed by atoms with Crippen molar-refractivity contribution in [3.05, 3.63) is 0 Å². The van der Waals surface area contributed by atoms with Crippen molar-refractivity contribution in [3.63, 3.8) is 0 Å². The number of nitrogens with one attached hydrogen (secondary N) is 1. The molecule has 1 atom stereocenters. The Hall–Kier alpha value is -0.0800. The van der Waals surface area contributed by atoms with Crippen LogP contribution in [-0.4, -0.2) is 25.8 Å². The maximum atomic E-state index is 5.39. The lowest BCUT2D eigenvalue weighted by Gasteiger charge is -2.26. The monoisotopic (exact) mass is 227 g/mol. The molecule has 0 saturated heterocycles. The molecule has 1 aliphatic carbocycles. The first-order valence-electron chi connectivity index (χ1n) is 7.03. The number of hydrogen-bond donors (Lipinski definition) is 1. The third kappa shape index (κ3) is 5.86. The molecule has 0 spiro atoms. The molecule has 96 valence electrons. The summed E-state index contributed by atoms with van der Waals surface area (Å²) >= 11 is 0. The Balaban J connectivity index is 1.98. The highest BCUT2D eigenvalue weighted by atomic mass is 16.5. The summed E-state index contributed by atoms with van der Waals surface area (Å²) in [4.78, 5) is 0. The summed E-state index contributed by atoms with van der Waals surface area (Å²) in [6.45, 7) is 9.48. The molecule has 1 aliphatic rings. The first-order valence-corrected chi connectivity index (χ1v) is 7.03. The van der Waals surface area contributed by atoms with Crippen molar-refractivity contribution >= 4 is 0 Å². The van der Waals surface area contributed by atoms with E-state index in [4.69, 9.17) is 4.74 Å². The molecule has 0 aromatic carbocycles. The van der Waals surface area contributed by atoms with Crippen LogP contribution in [0.15, 0.2) is 0 Å². The van der Waals surface area contributed by atoms with Crippen molar-refractivity contribution in [2.75, 3.05) is 19.8 Å². The van der Waals surface area contributed by atoms with E-state index in [2.05, 4.69) is 26.1 Å². The van der Waals surface area contributed by atoms with Crippen LogP contribution in [0.2, 0.25) is 0 Å². The molecular formula is C14H29NO. The molecule has 0 aromatic heterocycles. The van der Waals surface area contributed by atoms with Gasteiger partial charge in [0.05, 0.1) is 6.61 Å². The van der Waals surface area contributed by atoms with Crippen molar-refractivity contribution < 1.29 is 4.74 Å². The van der Waals surface area contributed by atoms with Crippen LogP contribution >= 0.6 is 0 Å². The Morgan fingerprint density at radius 3 is 2.56 bits per heavy atom. The minimum atomic E-state index is 0.502. The largest absolute Gasteiger partial charge is 0.380 e. The van der Waals surface area contributed by atoms with Gasteiger partial charge in [-0.15, -0.1) is 0 Å².